The zero-order chi connectivity index (χ0) is 11.5. The van der Waals surface area contributed by atoms with Crippen LogP contribution in [-0.4, -0.2) is 48.0 Å². The lowest BCUT2D eigenvalue weighted by Crippen LogP contribution is -2.59. The maximum absolute atomic E-state index is 10.3. The predicted molar refractivity (Wildman–Crippen MR) is 61.9 cm³/mol. The Kier molecular flexibility index (Phi) is 4.56. The zero-order valence-electron chi connectivity index (χ0n) is 10.5. The second-order valence-electron chi connectivity index (χ2n) is 5.00. The third-order valence-corrected chi connectivity index (χ3v) is 3.72. The molecule has 0 amide bonds. The lowest BCUT2D eigenvalue weighted by molar-refractivity contribution is -0.0856. The molecule has 3 nitrogen and oxygen atoms in total. The Balaban J connectivity index is 2.72. The van der Waals surface area contributed by atoms with Crippen LogP contribution in [0.25, 0.3) is 0 Å². The molecule has 1 heterocycles. The van der Waals surface area contributed by atoms with Gasteiger partial charge < -0.3 is 9.84 Å². The van der Waals surface area contributed by atoms with Crippen LogP contribution in [0.5, 0.6) is 0 Å². The van der Waals surface area contributed by atoms with Crippen LogP contribution in [-0.2, 0) is 4.74 Å². The van der Waals surface area contributed by atoms with E-state index in [1.165, 1.54) is 0 Å². The van der Waals surface area contributed by atoms with Gasteiger partial charge in [-0.05, 0) is 19.3 Å². The molecule has 1 N–H and O–H groups in total. The topological polar surface area (TPSA) is 32.7 Å². The van der Waals surface area contributed by atoms with E-state index in [1.54, 1.807) is 0 Å². The molecule has 1 rings (SSSR count). The highest BCUT2D eigenvalue weighted by molar-refractivity contribution is 4.94. The quantitative estimate of drug-likeness (QED) is 0.771. The minimum atomic E-state index is -0.263. The highest BCUT2D eigenvalue weighted by atomic mass is 16.5. The fourth-order valence-electron chi connectivity index (χ4n) is 2.41. The van der Waals surface area contributed by atoms with E-state index in [9.17, 15) is 5.11 Å². The molecule has 2 unspecified atom stereocenters. The van der Waals surface area contributed by atoms with Crippen molar-refractivity contribution in [3.8, 4) is 0 Å². The summed E-state index contributed by atoms with van der Waals surface area (Å²) in [6.07, 6.45) is 0.715. The van der Waals surface area contributed by atoms with Gasteiger partial charge in [-0.3, -0.25) is 4.90 Å². The Hall–Kier alpha value is -0.120. The average molecular weight is 215 g/mol. The minimum Gasteiger partial charge on any atom is -0.391 e. The van der Waals surface area contributed by atoms with Crippen LogP contribution in [0, 0.1) is 5.92 Å². The molecule has 0 saturated carbocycles. The number of hydrogen-bond acceptors (Lipinski definition) is 3. The molecule has 0 radical (unpaired) electrons. The van der Waals surface area contributed by atoms with Crippen molar-refractivity contribution in [1.82, 2.24) is 4.90 Å². The molecule has 0 aromatic heterocycles. The molecule has 3 heteroatoms. The van der Waals surface area contributed by atoms with Crippen molar-refractivity contribution in [2.24, 2.45) is 5.92 Å². The molecule has 0 aliphatic carbocycles. The smallest absolute Gasteiger partial charge is 0.0743 e. The minimum absolute atomic E-state index is 0.0993. The highest BCUT2D eigenvalue weighted by Crippen LogP contribution is 2.28. The third-order valence-electron chi connectivity index (χ3n) is 3.72. The first-order chi connectivity index (χ1) is 7.02. The zero-order valence-corrected chi connectivity index (χ0v) is 10.5. The fraction of sp³-hybridized carbons (Fsp3) is 1.00. The van der Waals surface area contributed by atoms with Gasteiger partial charge in [-0.1, -0.05) is 20.8 Å². The average Bonchev–Trinajstić information content (AvgIpc) is 2.28. The monoisotopic (exact) mass is 215 g/mol. The van der Waals surface area contributed by atoms with Crippen molar-refractivity contribution in [2.75, 3.05) is 26.3 Å². The van der Waals surface area contributed by atoms with E-state index in [0.29, 0.717) is 5.92 Å². The SMILES string of the molecule is CCC(C)(C(O)C(C)C)N1CCOCC1. The Morgan fingerprint density at radius 2 is 1.87 bits per heavy atom. The van der Waals surface area contributed by atoms with Crippen LogP contribution in [0.2, 0.25) is 0 Å². The molecule has 2 atom stereocenters. The van der Waals surface area contributed by atoms with Crippen LogP contribution < -0.4 is 0 Å². The number of rotatable bonds is 4. The standard InChI is InChI=1S/C12H25NO2/c1-5-12(4,11(14)10(2)3)13-6-8-15-9-7-13/h10-11,14H,5-9H2,1-4H3. The lowest BCUT2D eigenvalue weighted by Gasteiger charge is -2.47. The number of hydrogen-bond donors (Lipinski definition) is 1. The van der Waals surface area contributed by atoms with Gasteiger partial charge in [0, 0.05) is 18.6 Å². The second kappa shape index (κ2) is 5.28. The molecular weight excluding hydrogens is 190 g/mol. The molecule has 1 saturated heterocycles. The third kappa shape index (κ3) is 2.71. The first-order valence-electron chi connectivity index (χ1n) is 6.03. The summed E-state index contributed by atoms with van der Waals surface area (Å²) < 4.78 is 5.36. The van der Waals surface area contributed by atoms with Gasteiger partial charge in [0.1, 0.15) is 0 Å². The number of nitrogens with zero attached hydrogens (tertiary/aromatic N) is 1. The largest absolute Gasteiger partial charge is 0.391 e. The van der Waals surface area contributed by atoms with Crippen LogP contribution in [0.1, 0.15) is 34.1 Å². The van der Waals surface area contributed by atoms with Crippen LogP contribution in [0.4, 0.5) is 0 Å². The molecule has 15 heavy (non-hydrogen) atoms. The van der Waals surface area contributed by atoms with Gasteiger partial charge in [-0.25, -0.2) is 0 Å². The van der Waals surface area contributed by atoms with Crippen molar-refractivity contribution in [1.29, 1.82) is 0 Å². The number of aliphatic hydroxyl groups is 1. The van der Waals surface area contributed by atoms with Crippen molar-refractivity contribution < 1.29 is 9.84 Å². The Bertz CT molecular complexity index is 190. The summed E-state index contributed by atoms with van der Waals surface area (Å²) >= 11 is 0. The van der Waals surface area contributed by atoms with Gasteiger partial charge in [0.25, 0.3) is 0 Å². The van der Waals surface area contributed by atoms with E-state index in [-0.39, 0.29) is 11.6 Å². The van der Waals surface area contributed by atoms with Crippen LogP contribution in [0.3, 0.4) is 0 Å². The normalized spacial score (nSPS) is 25.2. The molecule has 90 valence electrons. The maximum Gasteiger partial charge on any atom is 0.0743 e. The summed E-state index contributed by atoms with van der Waals surface area (Å²) in [5, 5.41) is 10.3. The van der Waals surface area contributed by atoms with E-state index in [0.717, 1.165) is 32.7 Å². The summed E-state index contributed by atoms with van der Waals surface area (Å²) in [5.74, 6) is 0.304. The van der Waals surface area contributed by atoms with Crippen molar-refractivity contribution >= 4 is 0 Å². The van der Waals surface area contributed by atoms with E-state index < -0.39 is 0 Å². The Morgan fingerprint density at radius 3 is 2.27 bits per heavy atom. The Labute approximate surface area is 93.4 Å². The molecule has 1 aliphatic rings. The first kappa shape index (κ1) is 12.9. The number of ether oxygens (including phenoxy) is 1. The number of morpholine rings is 1. The second-order valence-corrected chi connectivity index (χ2v) is 5.00. The Morgan fingerprint density at radius 1 is 1.33 bits per heavy atom. The van der Waals surface area contributed by atoms with Crippen LogP contribution in [0.15, 0.2) is 0 Å². The fourth-order valence-corrected chi connectivity index (χ4v) is 2.41. The number of aliphatic hydroxyl groups excluding tert-OH is 1. The lowest BCUT2D eigenvalue weighted by atomic mass is 9.83. The van der Waals surface area contributed by atoms with E-state index in [1.807, 2.05) is 0 Å². The summed E-state index contributed by atoms with van der Waals surface area (Å²) in [5.41, 5.74) is -0.0993. The van der Waals surface area contributed by atoms with Gasteiger partial charge in [-0.2, -0.15) is 0 Å². The van der Waals surface area contributed by atoms with Crippen molar-refractivity contribution in [3.63, 3.8) is 0 Å². The van der Waals surface area contributed by atoms with Crippen molar-refractivity contribution in [2.45, 2.75) is 45.8 Å². The highest BCUT2D eigenvalue weighted by Gasteiger charge is 2.39. The van der Waals surface area contributed by atoms with Crippen molar-refractivity contribution in [3.05, 3.63) is 0 Å². The molecule has 1 fully saturated rings. The summed E-state index contributed by atoms with van der Waals surface area (Å²) in [4.78, 5) is 2.38. The molecular formula is C12H25NO2. The van der Waals surface area contributed by atoms with Gasteiger partial charge in [0.15, 0.2) is 0 Å². The summed E-state index contributed by atoms with van der Waals surface area (Å²) in [6, 6.07) is 0. The predicted octanol–water partition coefficient (Wildman–Crippen LogP) is 1.50. The van der Waals surface area contributed by atoms with Gasteiger partial charge in [0.05, 0.1) is 19.3 Å². The molecule has 1 aliphatic heterocycles. The van der Waals surface area contributed by atoms with Gasteiger partial charge >= 0.3 is 0 Å². The molecule has 0 aromatic carbocycles. The van der Waals surface area contributed by atoms with E-state index >= 15 is 0 Å². The van der Waals surface area contributed by atoms with Gasteiger partial charge in [0.2, 0.25) is 0 Å². The molecule has 0 spiro atoms. The molecule has 0 aromatic rings. The van der Waals surface area contributed by atoms with Crippen LogP contribution >= 0.6 is 0 Å². The van der Waals surface area contributed by atoms with E-state index in [2.05, 4.69) is 32.6 Å². The summed E-state index contributed by atoms with van der Waals surface area (Å²) in [7, 11) is 0. The van der Waals surface area contributed by atoms with E-state index in [4.69, 9.17) is 4.74 Å². The summed E-state index contributed by atoms with van der Waals surface area (Å²) in [6.45, 7) is 11.9. The maximum atomic E-state index is 10.3. The molecule has 0 bridgehead atoms. The first-order valence-corrected chi connectivity index (χ1v) is 6.03. The van der Waals surface area contributed by atoms with Gasteiger partial charge in [-0.15, -0.1) is 0 Å².